The van der Waals surface area contributed by atoms with Crippen molar-refractivity contribution in [1.82, 2.24) is 0 Å². The van der Waals surface area contributed by atoms with Crippen LogP contribution in [0, 0.1) is 11.3 Å². The van der Waals surface area contributed by atoms with Crippen molar-refractivity contribution in [2.75, 3.05) is 6.61 Å². The van der Waals surface area contributed by atoms with Crippen LogP contribution in [0.25, 0.3) is 0 Å². The Hall–Kier alpha value is -4.21. The van der Waals surface area contributed by atoms with E-state index in [-0.39, 0.29) is 17.2 Å². The Balaban J connectivity index is 1.68. The van der Waals surface area contributed by atoms with E-state index in [1.165, 1.54) is 6.07 Å². The van der Waals surface area contributed by atoms with Crippen LogP contribution in [0.4, 0.5) is 0 Å². The molecule has 2 N–H and O–H groups in total. The highest BCUT2D eigenvalue weighted by Crippen LogP contribution is 2.44. The van der Waals surface area contributed by atoms with Gasteiger partial charge in [0.05, 0.1) is 11.5 Å². The third-order valence-corrected chi connectivity index (χ3v) is 5.26. The monoisotopic (exact) mass is 458 g/mol. The van der Waals surface area contributed by atoms with Gasteiger partial charge in [-0.3, -0.25) is 0 Å². The number of fused-ring (bicyclic) bond motifs is 1. The topological polar surface area (TPSA) is 94.6 Å². The van der Waals surface area contributed by atoms with Gasteiger partial charge in [0.2, 0.25) is 5.88 Å². The Bertz CT molecular complexity index is 1310. The van der Waals surface area contributed by atoms with E-state index in [1.54, 1.807) is 42.5 Å². The summed E-state index contributed by atoms with van der Waals surface area (Å²) in [5.74, 6) is 0.273. The summed E-state index contributed by atoms with van der Waals surface area (Å²) in [6, 6.07) is 21.0. The number of benzene rings is 3. The quantitative estimate of drug-likeness (QED) is 0.304. The fourth-order valence-electron chi connectivity index (χ4n) is 3.56. The summed E-state index contributed by atoms with van der Waals surface area (Å²) in [7, 11) is 0. The molecule has 1 aliphatic heterocycles. The van der Waals surface area contributed by atoms with E-state index in [9.17, 15) is 10.1 Å². The average Bonchev–Trinajstić information content (AvgIpc) is 2.82. The highest BCUT2D eigenvalue weighted by atomic mass is 35.5. The number of hydrogen-bond donors (Lipinski definition) is 1. The summed E-state index contributed by atoms with van der Waals surface area (Å²) in [5, 5.41) is 10.2. The van der Waals surface area contributed by atoms with E-state index in [0.717, 1.165) is 5.56 Å². The van der Waals surface area contributed by atoms with E-state index in [4.69, 9.17) is 31.5 Å². The Morgan fingerprint density at radius 1 is 1.15 bits per heavy atom. The van der Waals surface area contributed by atoms with Crippen LogP contribution >= 0.6 is 11.6 Å². The first-order chi connectivity index (χ1) is 16.0. The molecular formula is C26H19ClN2O4. The molecular weight excluding hydrogens is 440 g/mol. The number of carbonyl (C=O) groups excluding carboxylic acids is 1. The van der Waals surface area contributed by atoms with E-state index >= 15 is 0 Å². The van der Waals surface area contributed by atoms with Crippen LogP contribution in [0.5, 0.6) is 17.2 Å². The first-order valence-electron chi connectivity index (χ1n) is 10.0. The van der Waals surface area contributed by atoms with Crippen molar-refractivity contribution in [3.05, 3.63) is 113 Å². The number of nitrogens with two attached hydrogens (primary N) is 1. The standard InChI is InChI=1S/C26H19ClN2O4/c1-2-11-31-19-8-4-5-16(13-19)24-21-10-9-20(14-23(21)33-25(29)22(24)15-28)32-26(30)17-6-3-7-18(27)12-17/h2-10,12-14,24H,1,11,29H2. The molecule has 1 unspecified atom stereocenters. The van der Waals surface area contributed by atoms with Crippen molar-refractivity contribution in [2.45, 2.75) is 5.92 Å². The van der Waals surface area contributed by atoms with Crippen molar-refractivity contribution in [3.63, 3.8) is 0 Å². The van der Waals surface area contributed by atoms with Gasteiger partial charge >= 0.3 is 5.97 Å². The van der Waals surface area contributed by atoms with Crippen LogP contribution in [0.2, 0.25) is 5.02 Å². The lowest BCUT2D eigenvalue weighted by atomic mass is 9.83. The number of halogens is 1. The second kappa shape index (κ2) is 9.51. The molecule has 1 aliphatic rings. The van der Waals surface area contributed by atoms with Gasteiger partial charge in [-0.2, -0.15) is 5.26 Å². The fourth-order valence-corrected chi connectivity index (χ4v) is 3.75. The number of ether oxygens (including phenoxy) is 3. The fraction of sp³-hybridized carbons (Fsp3) is 0.0769. The Labute approximate surface area is 196 Å². The molecule has 3 aromatic carbocycles. The molecule has 0 amide bonds. The number of hydrogen-bond acceptors (Lipinski definition) is 6. The molecule has 0 aliphatic carbocycles. The Morgan fingerprint density at radius 3 is 2.73 bits per heavy atom. The van der Waals surface area contributed by atoms with Crippen molar-refractivity contribution < 1.29 is 19.0 Å². The predicted molar refractivity (Wildman–Crippen MR) is 124 cm³/mol. The number of carbonyl (C=O) groups is 1. The van der Waals surface area contributed by atoms with E-state index in [2.05, 4.69) is 12.6 Å². The van der Waals surface area contributed by atoms with Crippen LogP contribution in [-0.2, 0) is 0 Å². The first kappa shape index (κ1) is 22.0. The Kier molecular flexibility index (Phi) is 6.34. The Morgan fingerprint density at radius 2 is 1.97 bits per heavy atom. The lowest BCUT2D eigenvalue weighted by Crippen LogP contribution is -2.21. The predicted octanol–water partition coefficient (Wildman–Crippen LogP) is 5.34. The highest BCUT2D eigenvalue weighted by Gasteiger charge is 2.31. The number of nitriles is 1. The minimum Gasteiger partial charge on any atom is -0.490 e. The molecule has 1 atom stereocenters. The van der Waals surface area contributed by atoms with Crippen LogP contribution in [0.15, 0.2) is 90.8 Å². The smallest absolute Gasteiger partial charge is 0.343 e. The van der Waals surface area contributed by atoms with Gasteiger partial charge in [0, 0.05) is 16.7 Å². The zero-order valence-corrected chi connectivity index (χ0v) is 18.2. The molecule has 0 radical (unpaired) electrons. The highest BCUT2D eigenvalue weighted by molar-refractivity contribution is 6.30. The van der Waals surface area contributed by atoms with E-state index in [1.807, 2.05) is 24.3 Å². The van der Waals surface area contributed by atoms with Crippen molar-refractivity contribution in [3.8, 4) is 23.3 Å². The normalized spacial score (nSPS) is 14.5. The minimum atomic E-state index is -0.557. The maximum atomic E-state index is 12.5. The van der Waals surface area contributed by atoms with Gasteiger partial charge in [-0.15, -0.1) is 0 Å². The van der Waals surface area contributed by atoms with E-state index in [0.29, 0.717) is 34.3 Å². The second-order valence-electron chi connectivity index (χ2n) is 7.20. The average molecular weight is 459 g/mol. The first-order valence-corrected chi connectivity index (χ1v) is 10.4. The van der Waals surface area contributed by atoms with Gasteiger partial charge < -0.3 is 19.9 Å². The molecule has 0 bridgehead atoms. The molecule has 164 valence electrons. The van der Waals surface area contributed by atoms with E-state index < -0.39 is 11.9 Å². The molecule has 3 aromatic rings. The van der Waals surface area contributed by atoms with Crippen molar-refractivity contribution in [2.24, 2.45) is 5.73 Å². The molecule has 33 heavy (non-hydrogen) atoms. The van der Waals surface area contributed by atoms with Crippen LogP contribution < -0.4 is 19.9 Å². The SMILES string of the molecule is C=CCOc1cccc(C2C(C#N)=C(N)Oc3cc(OC(=O)c4cccc(Cl)c4)ccc32)c1. The lowest BCUT2D eigenvalue weighted by Gasteiger charge is -2.27. The van der Waals surface area contributed by atoms with Crippen LogP contribution in [0.3, 0.4) is 0 Å². The molecule has 4 rings (SSSR count). The summed E-state index contributed by atoms with van der Waals surface area (Å²) >= 11 is 5.96. The molecule has 0 saturated carbocycles. The summed E-state index contributed by atoms with van der Waals surface area (Å²) in [5.41, 5.74) is 8.20. The zero-order chi connectivity index (χ0) is 23.4. The number of nitrogens with zero attached hydrogens (tertiary/aromatic N) is 1. The number of esters is 1. The van der Waals surface area contributed by atoms with Crippen LogP contribution in [0.1, 0.15) is 27.4 Å². The van der Waals surface area contributed by atoms with Gasteiger partial charge in [-0.05, 0) is 42.0 Å². The minimum absolute atomic E-state index is 0.00858. The maximum absolute atomic E-state index is 12.5. The molecule has 1 heterocycles. The zero-order valence-electron chi connectivity index (χ0n) is 17.5. The molecule has 0 saturated heterocycles. The summed E-state index contributed by atoms with van der Waals surface area (Å²) in [4.78, 5) is 12.5. The number of rotatable bonds is 6. The summed E-state index contributed by atoms with van der Waals surface area (Å²) in [6.45, 7) is 4.01. The van der Waals surface area contributed by atoms with Gasteiger partial charge in [0.1, 0.15) is 35.5 Å². The molecule has 0 fully saturated rings. The van der Waals surface area contributed by atoms with Gasteiger partial charge in [-0.1, -0.05) is 48.5 Å². The van der Waals surface area contributed by atoms with Crippen molar-refractivity contribution in [1.29, 1.82) is 5.26 Å². The summed E-state index contributed by atoms with van der Waals surface area (Å²) in [6.07, 6.45) is 1.65. The lowest BCUT2D eigenvalue weighted by molar-refractivity contribution is 0.0734. The molecule has 0 spiro atoms. The van der Waals surface area contributed by atoms with Crippen molar-refractivity contribution >= 4 is 17.6 Å². The molecule has 6 nitrogen and oxygen atoms in total. The third-order valence-electron chi connectivity index (χ3n) is 5.02. The largest absolute Gasteiger partial charge is 0.490 e. The number of allylic oxidation sites excluding steroid dienone is 1. The van der Waals surface area contributed by atoms with Gasteiger partial charge in [0.15, 0.2) is 0 Å². The molecule has 0 aromatic heterocycles. The molecule has 7 heteroatoms. The van der Waals surface area contributed by atoms with Gasteiger partial charge in [-0.25, -0.2) is 4.79 Å². The third kappa shape index (κ3) is 4.69. The summed E-state index contributed by atoms with van der Waals surface area (Å²) < 4.78 is 16.8. The maximum Gasteiger partial charge on any atom is 0.343 e. The van der Waals surface area contributed by atoms with Crippen LogP contribution in [-0.4, -0.2) is 12.6 Å². The van der Waals surface area contributed by atoms with Gasteiger partial charge in [0.25, 0.3) is 0 Å². The second-order valence-corrected chi connectivity index (χ2v) is 7.63.